The van der Waals surface area contributed by atoms with Crippen molar-refractivity contribution in [2.45, 2.75) is 58.5 Å². The fourth-order valence-corrected chi connectivity index (χ4v) is 2.76. The molecule has 1 aliphatic heterocycles. The van der Waals surface area contributed by atoms with E-state index < -0.39 is 0 Å². The molecule has 1 spiro atoms. The maximum Gasteiger partial charge on any atom is 0.0128 e. The number of nitrogens with zero attached hydrogens (tertiary/aromatic N) is 1. The van der Waals surface area contributed by atoms with Crippen LogP contribution in [-0.2, 0) is 0 Å². The average Bonchev–Trinajstić information content (AvgIpc) is 2.51. The highest BCUT2D eigenvalue weighted by atomic mass is 15.2. The second kappa shape index (κ2) is 2.25. The maximum atomic E-state index is 2.68. The highest BCUT2D eigenvalue weighted by Gasteiger charge is 2.52. The van der Waals surface area contributed by atoms with Crippen LogP contribution < -0.4 is 0 Å². The molecule has 1 saturated heterocycles. The van der Waals surface area contributed by atoms with Gasteiger partial charge in [-0.3, -0.25) is 4.90 Å². The van der Waals surface area contributed by atoms with Gasteiger partial charge in [-0.2, -0.15) is 0 Å². The molecule has 2 aliphatic rings. The van der Waals surface area contributed by atoms with E-state index in [0.29, 0.717) is 5.54 Å². The van der Waals surface area contributed by atoms with Crippen LogP contribution in [-0.4, -0.2) is 23.0 Å². The predicted molar refractivity (Wildman–Crippen MR) is 52.2 cm³/mol. The molecule has 70 valence electrons. The van der Waals surface area contributed by atoms with Crippen molar-refractivity contribution < 1.29 is 0 Å². The van der Waals surface area contributed by atoms with Gasteiger partial charge in [-0.05, 0) is 52.4 Å². The standard InChI is InChI=1S/C11H21N/c1-9-7-11(5-6-11)8-12(9)10(2,3)4/h9H,5-8H2,1-4H3/t9-/m1/s1. The molecule has 0 bridgehead atoms. The molecule has 0 N–H and O–H groups in total. The average molecular weight is 167 g/mol. The maximum absolute atomic E-state index is 2.68. The highest BCUT2D eigenvalue weighted by molar-refractivity contribution is 5.05. The van der Waals surface area contributed by atoms with Gasteiger partial charge in [0, 0.05) is 18.1 Å². The van der Waals surface area contributed by atoms with E-state index in [1.807, 2.05) is 0 Å². The Morgan fingerprint density at radius 1 is 1.25 bits per heavy atom. The summed E-state index contributed by atoms with van der Waals surface area (Å²) in [5.41, 5.74) is 1.15. The Hall–Kier alpha value is -0.0400. The van der Waals surface area contributed by atoms with Crippen molar-refractivity contribution in [3.8, 4) is 0 Å². The van der Waals surface area contributed by atoms with E-state index in [1.165, 1.54) is 25.8 Å². The third kappa shape index (κ3) is 1.28. The van der Waals surface area contributed by atoms with Crippen LogP contribution in [0, 0.1) is 5.41 Å². The van der Waals surface area contributed by atoms with Crippen molar-refractivity contribution in [1.82, 2.24) is 4.90 Å². The smallest absolute Gasteiger partial charge is 0.0128 e. The summed E-state index contributed by atoms with van der Waals surface area (Å²) in [6.45, 7) is 10.8. The molecule has 1 aliphatic carbocycles. The summed E-state index contributed by atoms with van der Waals surface area (Å²) >= 11 is 0. The quantitative estimate of drug-likeness (QED) is 0.536. The van der Waals surface area contributed by atoms with Gasteiger partial charge in [0.2, 0.25) is 0 Å². The van der Waals surface area contributed by atoms with E-state index in [1.54, 1.807) is 0 Å². The Labute approximate surface area is 76.1 Å². The largest absolute Gasteiger partial charge is 0.295 e. The van der Waals surface area contributed by atoms with Crippen LogP contribution in [0.2, 0.25) is 0 Å². The monoisotopic (exact) mass is 167 g/mol. The minimum atomic E-state index is 0.380. The van der Waals surface area contributed by atoms with Crippen LogP contribution in [0.1, 0.15) is 47.0 Å². The van der Waals surface area contributed by atoms with Gasteiger partial charge in [0.15, 0.2) is 0 Å². The van der Waals surface area contributed by atoms with E-state index in [0.717, 1.165) is 11.5 Å². The zero-order chi connectivity index (χ0) is 8.98. The first-order chi connectivity index (χ1) is 5.43. The SMILES string of the molecule is C[C@@H]1CC2(CC2)CN1C(C)(C)C. The van der Waals surface area contributed by atoms with E-state index in [9.17, 15) is 0 Å². The topological polar surface area (TPSA) is 3.24 Å². The molecule has 1 saturated carbocycles. The van der Waals surface area contributed by atoms with E-state index in [-0.39, 0.29) is 0 Å². The summed E-state index contributed by atoms with van der Waals surface area (Å²) in [7, 11) is 0. The van der Waals surface area contributed by atoms with Crippen molar-refractivity contribution in [2.24, 2.45) is 5.41 Å². The van der Waals surface area contributed by atoms with Crippen molar-refractivity contribution in [3.63, 3.8) is 0 Å². The lowest BCUT2D eigenvalue weighted by Gasteiger charge is -2.35. The molecule has 0 aromatic rings. The molecule has 0 aromatic carbocycles. The summed E-state index contributed by atoms with van der Waals surface area (Å²) < 4.78 is 0. The second-order valence-electron chi connectivity index (χ2n) is 5.85. The molecule has 1 heteroatoms. The molecular formula is C11H21N. The lowest BCUT2D eigenvalue weighted by Crippen LogP contribution is -2.43. The minimum Gasteiger partial charge on any atom is -0.295 e. The molecule has 1 nitrogen and oxygen atoms in total. The molecule has 0 amide bonds. The van der Waals surface area contributed by atoms with Crippen molar-refractivity contribution in [2.75, 3.05) is 6.54 Å². The van der Waals surface area contributed by atoms with Gasteiger partial charge in [-0.15, -0.1) is 0 Å². The first-order valence-electron chi connectivity index (χ1n) is 5.20. The van der Waals surface area contributed by atoms with Crippen LogP contribution in [0.15, 0.2) is 0 Å². The Morgan fingerprint density at radius 3 is 2.08 bits per heavy atom. The normalized spacial score (nSPS) is 34.5. The molecular weight excluding hydrogens is 146 g/mol. The predicted octanol–water partition coefficient (Wildman–Crippen LogP) is 2.66. The summed E-state index contributed by atoms with van der Waals surface area (Å²) in [6.07, 6.45) is 4.43. The fourth-order valence-electron chi connectivity index (χ4n) is 2.76. The number of rotatable bonds is 0. The van der Waals surface area contributed by atoms with Crippen LogP contribution in [0.5, 0.6) is 0 Å². The van der Waals surface area contributed by atoms with Gasteiger partial charge in [0.1, 0.15) is 0 Å². The van der Waals surface area contributed by atoms with Gasteiger partial charge in [-0.1, -0.05) is 0 Å². The van der Waals surface area contributed by atoms with Gasteiger partial charge in [-0.25, -0.2) is 0 Å². The van der Waals surface area contributed by atoms with E-state index >= 15 is 0 Å². The van der Waals surface area contributed by atoms with Crippen molar-refractivity contribution in [1.29, 1.82) is 0 Å². The molecule has 0 aromatic heterocycles. The Morgan fingerprint density at radius 2 is 1.83 bits per heavy atom. The summed E-state index contributed by atoms with van der Waals surface area (Å²) in [6, 6.07) is 0.812. The number of hydrogen-bond donors (Lipinski definition) is 0. The summed E-state index contributed by atoms with van der Waals surface area (Å²) in [5.74, 6) is 0. The summed E-state index contributed by atoms with van der Waals surface area (Å²) in [5, 5.41) is 0. The highest BCUT2D eigenvalue weighted by Crippen LogP contribution is 2.55. The molecule has 0 unspecified atom stereocenters. The second-order valence-corrected chi connectivity index (χ2v) is 5.85. The molecule has 2 fully saturated rings. The third-order valence-electron chi connectivity index (χ3n) is 3.58. The molecule has 0 radical (unpaired) electrons. The van der Waals surface area contributed by atoms with Crippen molar-refractivity contribution in [3.05, 3.63) is 0 Å². The summed E-state index contributed by atoms with van der Waals surface area (Å²) in [4.78, 5) is 2.68. The van der Waals surface area contributed by atoms with Crippen LogP contribution in [0.3, 0.4) is 0 Å². The van der Waals surface area contributed by atoms with Gasteiger partial charge < -0.3 is 0 Å². The van der Waals surface area contributed by atoms with Crippen molar-refractivity contribution >= 4 is 0 Å². The molecule has 1 heterocycles. The zero-order valence-electron chi connectivity index (χ0n) is 8.85. The van der Waals surface area contributed by atoms with Crippen LogP contribution >= 0.6 is 0 Å². The Kier molecular flexibility index (Phi) is 1.61. The van der Waals surface area contributed by atoms with Crippen LogP contribution in [0.25, 0.3) is 0 Å². The van der Waals surface area contributed by atoms with Gasteiger partial charge in [0.25, 0.3) is 0 Å². The number of hydrogen-bond acceptors (Lipinski definition) is 1. The van der Waals surface area contributed by atoms with E-state index in [4.69, 9.17) is 0 Å². The first-order valence-corrected chi connectivity index (χ1v) is 5.20. The van der Waals surface area contributed by atoms with E-state index in [2.05, 4.69) is 32.6 Å². The minimum absolute atomic E-state index is 0.380. The Bertz CT molecular complexity index is 186. The van der Waals surface area contributed by atoms with Gasteiger partial charge in [0.05, 0.1) is 0 Å². The van der Waals surface area contributed by atoms with Crippen LogP contribution in [0.4, 0.5) is 0 Å². The molecule has 2 rings (SSSR count). The number of likely N-dealkylation sites (tertiary alicyclic amines) is 1. The lowest BCUT2D eigenvalue weighted by atomic mass is 10.0. The lowest BCUT2D eigenvalue weighted by molar-refractivity contribution is 0.126. The van der Waals surface area contributed by atoms with Gasteiger partial charge >= 0.3 is 0 Å². The molecule has 12 heavy (non-hydrogen) atoms. The Balaban J connectivity index is 2.08. The zero-order valence-corrected chi connectivity index (χ0v) is 8.85. The fraction of sp³-hybridized carbons (Fsp3) is 1.00. The third-order valence-corrected chi connectivity index (χ3v) is 3.58. The first kappa shape index (κ1) is 8.55. The molecule has 1 atom stereocenters.